The van der Waals surface area contributed by atoms with Crippen LogP contribution in [0, 0.1) is 5.41 Å². The van der Waals surface area contributed by atoms with Crippen molar-refractivity contribution in [3.05, 3.63) is 11.3 Å². The fourth-order valence-electron chi connectivity index (χ4n) is 4.64. The van der Waals surface area contributed by atoms with E-state index in [0.717, 1.165) is 63.4 Å². The molecule has 0 amide bonds. The third-order valence-electron chi connectivity index (χ3n) is 6.20. The summed E-state index contributed by atoms with van der Waals surface area (Å²) in [7, 11) is -1.65. The van der Waals surface area contributed by atoms with Crippen LogP contribution in [0.25, 0.3) is 0 Å². The lowest BCUT2D eigenvalue weighted by Gasteiger charge is -2.44. The molecule has 1 unspecified atom stereocenters. The number of carbonyl (C=O) groups is 1. The summed E-state index contributed by atoms with van der Waals surface area (Å²) in [6.07, 6.45) is 4.15. The minimum Gasteiger partial charge on any atom is -0.465 e. The summed E-state index contributed by atoms with van der Waals surface area (Å²) < 4.78 is 17.9. The van der Waals surface area contributed by atoms with Crippen LogP contribution >= 0.6 is 0 Å². The summed E-state index contributed by atoms with van der Waals surface area (Å²) >= 11 is 0. The average Bonchev–Trinajstić information content (AvgIpc) is 3.29. The van der Waals surface area contributed by atoms with Crippen molar-refractivity contribution >= 4 is 20.1 Å². The van der Waals surface area contributed by atoms with Gasteiger partial charge in [-0.25, -0.2) is 0 Å². The van der Waals surface area contributed by atoms with E-state index in [1.165, 1.54) is 12.5 Å². The number of ether oxygens (including phenoxy) is 2. The normalized spacial score (nSPS) is 24.6. The van der Waals surface area contributed by atoms with Crippen LogP contribution in [0.4, 0.5) is 5.82 Å². The van der Waals surface area contributed by atoms with Crippen molar-refractivity contribution in [2.24, 2.45) is 5.41 Å². The summed E-state index contributed by atoms with van der Waals surface area (Å²) in [6, 6.07) is 0.421. The predicted octanol–water partition coefficient (Wildman–Crippen LogP) is 3.01. The lowest BCUT2D eigenvalue weighted by Crippen LogP contribution is -2.52. The van der Waals surface area contributed by atoms with Gasteiger partial charge in [0.15, 0.2) is 8.32 Å². The molecule has 1 saturated heterocycles. The Hall–Kier alpha value is -1.71. The number of carbonyl (C=O) groups excluding carboxylic acids is 1. The summed E-state index contributed by atoms with van der Waals surface area (Å²) in [5, 5.41) is 3.40. The number of hydrogen-bond donors (Lipinski definition) is 1. The first-order valence-corrected chi connectivity index (χ1v) is 14.8. The zero-order valence-electron chi connectivity index (χ0n) is 19.5. The predicted molar refractivity (Wildman–Crippen MR) is 121 cm³/mol. The number of rotatable bonds is 8. The molecule has 4 rings (SSSR count). The third kappa shape index (κ3) is 5.56. The van der Waals surface area contributed by atoms with Gasteiger partial charge in [-0.15, -0.1) is 0 Å². The van der Waals surface area contributed by atoms with Crippen LogP contribution in [0.15, 0.2) is 0 Å². The Kier molecular flexibility index (Phi) is 6.04. The summed E-state index contributed by atoms with van der Waals surface area (Å²) in [5.74, 6) is 0.724. The maximum absolute atomic E-state index is 11.2. The van der Waals surface area contributed by atoms with E-state index in [4.69, 9.17) is 18.9 Å². The van der Waals surface area contributed by atoms with E-state index in [1.54, 1.807) is 0 Å². The maximum Gasteiger partial charge on any atom is 0.318 e. The first-order chi connectivity index (χ1) is 14.6. The van der Waals surface area contributed by atoms with Crippen molar-refractivity contribution in [2.75, 3.05) is 31.2 Å². The number of hydrogen-bond acceptors (Lipinski definition) is 8. The van der Waals surface area contributed by atoms with E-state index in [0.29, 0.717) is 19.2 Å². The molecule has 9 heteroatoms. The Morgan fingerprint density at radius 2 is 1.94 bits per heavy atom. The lowest BCUT2D eigenvalue weighted by molar-refractivity contribution is -0.143. The maximum atomic E-state index is 11.2. The second-order valence-electron chi connectivity index (χ2n) is 10.6. The smallest absolute Gasteiger partial charge is 0.318 e. The molecule has 172 valence electrons. The Morgan fingerprint density at radius 1 is 1.16 bits per heavy atom. The molecule has 0 bridgehead atoms. The lowest BCUT2D eigenvalue weighted by atomic mass is 9.95. The quantitative estimate of drug-likeness (QED) is 0.480. The van der Waals surface area contributed by atoms with Crippen molar-refractivity contribution in [2.45, 2.75) is 77.9 Å². The summed E-state index contributed by atoms with van der Waals surface area (Å²) in [6.45, 7) is 14.6. The molecular formula is C22H36N4O4Si. The molecule has 0 radical (unpaired) electrons. The SMILES string of the molecule is CC(=O)OCC1(COc2nc3c(c(N4CCCC(C)(O[Si](C)(C)C)C4)n2)CNC3)CC1. The monoisotopic (exact) mass is 448 g/mol. The van der Waals surface area contributed by atoms with Crippen LogP contribution in [0.5, 0.6) is 6.01 Å². The molecule has 31 heavy (non-hydrogen) atoms. The molecule has 1 aromatic heterocycles. The number of esters is 1. The highest BCUT2D eigenvalue weighted by molar-refractivity contribution is 6.69. The Bertz CT molecular complexity index is 840. The van der Waals surface area contributed by atoms with Gasteiger partial charge in [0.25, 0.3) is 0 Å². The van der Waals surface area contributed by atoms with Crippen LogP contribution < -0.4 is 15.0 Å². The van der Waals surface area contributed by atoms with Crippen molar-refractivity contribution < 1.29 is 18.7 Å². The van der Waals surface area contributed by atoms with E-state index >= 15 is 0 Å². The summed E-state index contributed by atoms with van der Waals surface area (Å²) in [5.41, 5.74) is 1.95. The van der Waals surface area contributed by atoms with Crippen molar-refractivity contribution in [3.63, 3.8) is 0 Å². The number of aromatic nitrogens is 2. The van der Waals surface area contributed by atoms with E-state index in [-0.39, 0.29) is 17.0 Å². The van der Waals surface area contributed by atoms with Gasteiger partial charge < -0.3 is 24.1 Å². The molecule has 1 aromatic rings. The second kappa shape index (κ2) is 8.33. The molecule has 3 heterocycles. The zero-order valence-corrected chi connectivity index (χ0v) is 20.5. The molecule has 2 fully saturated rings. The van der Waals surface area contributed by atoms with Crippen molar-refractivity contribution in [1.82, 2.24) is 15.3 Å². The first kappa shape index (κ1) is 22.5. The highest BCUT2D eigenvalue weighted by Crippen LogP contribution is 2.46. The van der Waals surface area contributed by atoms with Crippen LogP contribution in [0.1, 0.15) is 50.8 Å². The van der Waals surface area contributed by atoms with Crippen LogP contribution in [0.2, 0.25) is 19.6 Å². The van der Waals surface area contributed by atoms with E-state index in [2.05, 4.69) is 41.8 Å². The molecule has 0 aromatic carbocycles. The standard InChI is InChI=1S/C22H36N4O4Si/c1-16(27)28-14-22(8-9-22)15-29-20-24-18-12-23-11-17(18)19(25-20)26-10-6-7-21(2,13-26)30-31(3,4)5/h23H,6-15H2,1-5H3. The van der Waals surface area contributed by atoms with Gasteiger partial charge in [0.1, 0.15) is 19.0 Å². The molecule has 3 aliphatic rings. The van der Waals surface area contributed by atoms with Gasteiger partial charge in [-0.2, -0.15) is 9.97 Å². The second-order valence-corrected chi connectivity index (χ2v) is 15.0. The Labute approximate surface area is 186 Å². The van der Waals surface area contributed by atoms with Crippen LogP contribution in [-0.4, -0.2) is 56.2 Å². The number of nitrogens with zero attached hydrogens (tertiary/aromatic N) is 3. The topological polar surface area (TPSA) is 85.8 Å². The zero-order chi connectivity index (χ0) is 22.3. The molecule has 0 spiro atoms. The van der Waals surface area contributed by atoms with Gasteiger partial charge in [0.2, 0.25) is 0 Å². The van der Waals surface area contributed by atoms with E-state index in [1.807, 2.05) is 0 Å². The Morgan fingerprint density at radius 3 is 2.61 bits per heavy atom. The molecule has 1 aliphatic carbocycles. The number of anilines is 1. The van der Waals surface area contributed by atoms with Crippen molar-refractivity contribution in [1.29, 1.82) is 0 Å². The van der Waals surface area contributed by atoms with E-state index in [9.17, 15) is 4.79 Å². The molecule has 1 saturated carbocycles. The highest BCUT2D eigenvalue weighted by atomic mass is 28.4. The minimum absolute atomic E-state index is 0.0820. The Balaban J connectivity index is 1.50. The molecule has 1 N–H and O–H groups in total. The first-order valence-electron chi connectivity index (χ1n) is 11.4. The number of fused-ring (bicyclic) bond motifs is 1. The summed E-state index contributed by atoms with van der Waals surface area (Å²) in [4.78, 5) is 23.1. The molecular weight excluding hydrogens is 412 g/mol. The number of piperidine rings is 1. The van der Waals surface area contributed by atoms with Gasteiger partial charge in [-0.1, -0.05) is 0 Å². The largest absolute Gasteiger partial charge is 0.465 e. The minimum atomic E-state index is -1.65. The van der Waals surface area contributed by atoms with E-state index < -0.39 is 8.32 Å². The fourth-order valence-corrected chi connectivity index (χ4v) is 6.29. The molecule has 8 nitrogen and oxygen atoms in total. The van der Waals surface area contributed by atoms with Gasteiger partial charge in [0, 0.05) is 44.1 Å². The van der Waals surface area contributed by atoms with Gasteiger partial charge in [-0.05, 0) is 52.2 Å². The van der Waals surface area contributed by atoms with Gasteiger partial charge >= 0.3 is 12.0 Å². The van der Waals surface area contributed by atoms with Gasteiger partial charge in [-0.3, -0.25) is 4.79 Å². The highest BCUT2D eigenvalue weighted by Gasteiger charge is 2.45. The molecule has 2 aliphatic heterocycles. The third-order valence-corrected chi connectivity index (χ3v) is 7.31. The van der Waals surface area contributed by atoms with Crippen LogP contribution in [-0.2, 0) is 27.0 Å². The number of nitrogens with one attached hydrogen (secondary N) is 1. The fraction of sp³-hybridized carbons (Fsp3) is 0.773. The average molecular weight is 449 g/mol. The van der Waals surface area contributed by atoms with Crippen LogP contribution in [0.3, 0.4) is 0 Å². The molecule has 1 atom stereocenters. The van der Waals surface area contributed by atoms with Crippen molar-refractivity contribution in [3.8, 4) is 6.01 Å². The van der Waals surface area contributed by atoms with Gasteiger partial charge in [0.05, 0.1) is 11.3 Å².